The maximum absolute atomic E-state index is 8.53. The predicted molar refractivity (Wildman–Crippen MR) is 45.0 cm³/mol. The fraction of sp³-hybridized carbons (Fsp3) is 0.833. The molecular formula is C6H16MnN4O. The number of aliphatic imine (C=N–C) groups is 1. The third kappa shape index (κ3) is 9.71. The fourth-order valence-electron chi connectivity index (χ4n) is 0.653. The van der Waals surface area contributed by atoms with E-state index < -0.39 is 0 Å². The molecule has 73 valence electrons. The van der Waals surface area contributed by atoms with E-state index in [1.54, 1.807) is 0 Å². The van der Waals surface area contributed by atoms with E-state index in [1.807, 2.05) is 0 Å². The third-order valence-corrected chi connectivity index (χ3v) is 1.26. The standard InChI is InChI=1S/C6H16N4O.Mn/c7-5(4-11)2-1-3-10-6(8)9;/h5,11H,1-4,7H2,(H4,8,9,10);/t5-;/m0./s1. The van der Waals surface area contributed by atoms with E-state index in [9.17, 15) is 0 Å². The van der Waals surface area contributed by atoms with Gasteiger partial charge in [-0.3, -0.25) is 4.99 Å². The second-order valence-electron chi connectivity index (χ2n) is 2.39. The number of nitrogens with zero attached hydrogens (tertiary/aromatic N) is 1. The van der Waals surface area contributed by atoms with Gasteiger partial charge < -0.3 is 22.3 Å². The predicted octanol–water partition coefficient (Wildman–Crippen LogP) is -1.64. The largest absolute Gasteiger partial charge is 0.395 e. The number of rotatable bonds is 5. The minimum absolute atomic E-state index is 0. The van der Waals surface area contributed by atoms with Crippen LogP contribution in [0.3, 0.4) is 0 Å². The van der Waals surface area contributed by atoms with Gasteiger partial charge >= 0.3 is 0 Å². The van der Waals surface area contributed by atoms with E-state index >= 15 is 0 Å². The molecule has 12 heavy (non-hydrogen) atoms. The first-order valence-corrected chi connectivity index (χ1v) is 3.58. The van der Waals surface area contributed by atoms with Crippen LogP contribution in [0.15, 0.2) is 4.99 Å². The van der Waals surface area contributed by atoms with E-state index in [1.165, 1.54) is 0 Å². The fourth-order valence-corrected chi connectivity index (χ4v) is 0.653. The van der Waals surface area contributed by atoms with Gasteiger partial charge in [-0.15, -0.1) is 0 Å². The van der Waals surface area contributed by atoms with Crippen LogP contribution >= 0.6 is 0 Å². The van der Waals surface area contributed by atoms with E-state index in [-0.39, 0.29) is 35.7 Å². The quantitative estimate of drug-likeness (QED) is 0.191. The second kappa shape index (κ2) is 8.80. The first kappa shape index (κ1) is 14.2. The number of nitrogens with two attached hydrogens (primary N) is 3. The van der Waals surface area contributed by atoms with Gasteiger partial charge in [0.15, 0.2) is 5.96 Å². The third-order valence-electron chi connectivity index (χ3n) is 1.26. The normalized spacial score (nSPS) is 11.5. The summed E-state index contributed by atoms with van der Waals surface area (Å²) in [6, 6.07) is -0.149. The Balaban J connectivity index is 0. The van der Waals surface area contributed by atoms with Crippen molar-refractivity contribution in [2.24, 2.45) is 22.2 Å². The van der Waals surface area contributed by atoms with Crippen molar-refractivity contribution in [3.63, 3.8) is 0 Å². The van der Waals surface area contributed by atoms with Gasteiger partial charge in [0.1, 0.15) is 0 Å². The Morgan fingerprint density at radius 1 is 1.42 bits per heavy atom. The van der Waals surface area contributed by atoms with Crippen LogP contribution in [0.2, 0.25) is 0 Å². The molecule has 0 aromatic carbocycles. The van der Waals surface area contributed by atoms with Crippen molar-refractivity contribution < 1.29 is 22.2 Å². The Morgan fingerprint density at radius 2 is 2.00 bits per heavy atom. The SMILES string of the molecule is NC(N)=NCCC[C@H](N)CO.[Mn]. The Labute approximate surface area is 82.9 Å². The average Bonchev–Trinajstić information content (AvgIpc) is 1.97. The molecule has 1 radical (unpaired) electrons. The number of guanidine groups is 1. The average molecular weight is 215 g/mol. The van der Waals surface area contributed by atoms with Crippen LogP contribution in [0.5, 0.6) is 0 Å². The molecule has 0 saturated heterocycles. The number of aliphatic hydroxyl groups is 1. The van der Waals surface area contributed by atoms with Gasteiger partial charge in [0, 0.05) is 29.7 Å². The van der Waals surface area contributed by atoms with Crippen molar-refractivity contribution in [1.82, 2.24) is 0 Å². The first-order valence-electron chi connectivity index (χ1n) is 3.58. The van der Waals surface area contributed by atoms with Crippen molar-refractivity contribution in [3.05, 3.63) is 0 Å². The van der Waals surface area contributed by atoms with E-state index in [0.29, 0.717) is 6.54 Å². The molecule has 1 atom stereocenters. The number of hydrogen-bond acceptors (Lipinski definition) is 3. The maximum Gasteiger partial charge on any atom is 0.185 e. The van der Waals surface area contributed by atoms with Crippen molar-refractivity contribution in [3.8, 4) is 0 Å². The zero-order valence-corrected chi connectivity index (χ0v) is 8.09. The molecule has 0 aliphatic rings. The van der Waals surface area contributed by atoms with Crippen LogP contribution < -0.4 is 17.2 Å². The summed E-state index contributed by atoms with van der Waals surface area (Å²) in [6.07, 6.45) is 1.55. The molecule has 0 fully saturated rings. The summed E-state index contributed by atoms with van der Waals surface area (Å²) >= 11 is 0. The van der Waals surface area contributed by atoms with Crippen LogP contribution in [0.4, 0.5) is 0 Å². The monoisotopic (exact) mass is 215 g/mol. The number of hydrogen-bond donors (Lipinski definition) is 4. The molecule has 0 heterocycles. The minimum atomic E-state index is -0.149. The van der Waals surface area contributed by atoms with Gasteiger partial charge in [-0.05, 0) is 12.8 Å². The molecule has 0 spiro atoms. The van der Waals surface area contributed by atoms with Gasteiger partial charge in [0.05, 0.1) is 6.61 Å². The second-order valence-corrected chi connectivity index (χ2v) is 2.39. The van der Waals surface area contributed by atoms with Crippen molar-refractivity contribution in [2.75, 3.05) is 13.2 Å². The maximum atomic E-state index is 8.53. The first-order chi connectivity index (χ1) is 5.16. The van der Waals surface area contributed by atoms with Gasteiger partial charge in [-0.25, -0.2) is 0 Å². The smallest absolute Gasteiger partial charge is 0.185 e. The summed E-state index contributed by atoms with van der Waals surface area (Å²) in [5.41, 5.74) is 15.6. The summed E-state index contributed by atoms with van der Waals surface area (Å²) in [6.45, 7) is 0.595. The molecular weight excluding hydrogens is 199 g/mol. The Hall–Kier alpha value is -0.291. The number of aliphatic hydroxyl groups excluding tert-OH is 1. The molecule has 0 aliphatic heterocycles. The van der Waals surface area contributed by atoms with Gasteiger partial charge in [0.25, 0.3) is 0 Å². The molecule has 6 heteroatoms. The topological polar surface area (TPSA) is 111 Å². The van der Waals surface area contributed by atoms with Gasteiger partial charge in [-0.1, -0.05) is 0 Å². The van der Waals surface area contributed by atoms with Crippen LogP contribution in [-0.4, -0.2) is 30.3 Å². The molecule has 0 rings (SSSR count). The molecule has 0 unspecified atom stereocenters. The summed E-state index contributed by atoms with van der Waals surface area (Å²) < 4.78 is 0. The molecule has 0 aromatic heterocycles. The van der Waals surface area contributed by atoms with E-state index in [0.717, 1.165) is 12.8 Å². The molecule has 7 N–H and O–H groups in total. The van der Waals surface area contributed by atoms with Gasteiger partial charge in [0.2, 0.25) is 0 Å². The molecule has 0 aliphatic carbocycles. The summed E-state index contributed by atoms with van der Waals surface area (Å²) in [7, 11) is 0. The Kier molecular flexibility index (Phi) is 10.5. The van der Waals surface area contributed by atoms with Crippen LogP contribution in [0.25, 0.3) is 0 Å². The summed E-state index contributed by atoms with van der Waals surface area (Å²) in [5, 5.41) is 8.53. The van der Waals surface area contributed by atoms with Crippen molar-refractivity contribution in [1.29, 1.82) is 0 Å². The van der Waals surface area contributed by atoms with Crippen molar-refractivity contribution in [2.45, 2.75) is 18.9 Å². The zero-order valence-electron chi connectivity index (χ0n) is 6.91. The molecule has 0 aromatic rings. The Morgan fingerprint density at radius 3 is 2.42 bits per heavy atom. The molecule has 5 nitrogen and oxygen atoms in total. The Bertz CT molecular complexity index is 127. The minimum Gasteiger partial charge on any atom is -0.395 e. The van der Waals surface area contributed by atoms with Crippen LogP contribution in [-0.2, 0) is 17.1 Å². The molecule has 0 saturated carbocycles. The molecule has 0 bridgehead atoms. The zero-order chi connectivity index (χ0) is 8.69. The molecule has 0 amide bonds. The summed E-state index contributed by atoms with van der Waals surface area (Å²) in [5.74, 6) is 0.0996. The van der Waals surface area contributed by atoms with E-state index in [2.05, 4.69) is 4.99 Å². The van der Waals surface area contributed by atoms with E-state index in [4.69, 9.17) is 22.3 Å². The van der Waals surface area contributed by atoms with Crippen molar-refractivity contribution >= 4 is 5.96 Å². The summed E-state index contributed by atoms with van der Waals surface area (Å²) in [4.78, 5) is 3.77. The van der Waals surface area contributed by atoms with Crippen LogP contribution in [0, 0.1) is 0 Å². The van der Waals surface area contributed by atoms with Gasteiger partial charge in [-0.2, -0.15) is 0 Å². The van der Waals surface area contributed by atoms with Crippen LogP contribution in [0.1, 0.15) is 12.8 Å².